The highest BCUT2D eigenvalue weighted by molar-refractivity contribution is 6.03. The number of nitrogens with two attached hydrogens (primary N) is 1. The van der Waals surface area contributed by atoms with Crippen molar-refractivity contribution in [2.24, 2.45) is 5.73 Å². The Labute approximate surface area is 132 Å². The molecule has 0 radical (unpaired) electrons. The second-order valence-electron chi connectivity index (χ2n) is 5.47. The third-order valence-electron chi connectivity index (χ3n) is 4.09. The zero-order valence-electron chi connectivity index (χ0n) is 12.6. The Morgan fingerprint density at radius 1 is 1.30 bits per heavy atom. The van der Waals surface area contributed by atoms with Crippen LogP contribution in [0.3, 0.4) is 0 Å². The van der Waals surface area contributed by atoms with Crippen LogP contribution in [0.5, 0.6) is 0 Å². The summed E-state index contributed by atoms with van der Waals surface area (Å²) in [4.78, 5) is 24.6. The minimum Gasteiger partial charge on any atom is -0.465 e. The van der Waals surface area contributed by atoms with Gasteiger partial charge in [-0.3, -0.25) is 4.79 Å². The van der Waals surface area contributed by atoms with E-state index in [0.717, 1.165) is 0 Å². The number of allylic oxidation sites excluding steroid dienone is 2. The molecule has 1 atom stereocenters. The fourth-order valence-electron chi connectivity index (χ4n) is 3.05. The van der Waals surface area contributed by atoms with Crippen molar-refractivity contribution in [2.75, 3.05) is 7.11 Å². The molecule has 3 rings (SSSR count). The molecule has 0 unspecified atom stereocenters. The number of halogens is 1. The van der Waals surface area contributed by atoms with Crippen LogP contribution in [0.15, 0.2) is 47.1 Å². The van der Waals surface area contributed by atoms with E-state index < -0.39 is 17.7 Å². The van der Waals surface area contributed by atoms with Gasteiger partial charge in [-0.05, 0) is 24.1 Å². The van der Waals surface area contributed by atoms with Gasteiger partial charge in [-0.25, -0.2) is 9.18 Å². The van der Waals surface area contributed by atoms with Crippen LogP contribution in [0.25, 0.3) is 0 Å². The van der Waals surface area contributed by atoms with E-state index in [9.17, 15) is 14.0 Å². The lowest BCUT2D eigenvalue weighted by molar-refractivity contribution is -0.136. The van der Waals surface area contributed by atoms with Gasteiger partial charge in [0.05, 0.1) is 13.0 Å². The van der Waals surface area contributed by atoms with Gasteiger partial charge in [0, 0.05) is 18.4 Å². The second kappa shape index (κ2) is 5.87. The van der Waals surface area contributed by atoms with Crippen LogP contribution in [0.2, 0.25) is 0 Å². The summed E-state index contributed by atoms with van der Waals surface area (Å²) in [6, 6.07) is 5.63. The standard InChI is InChI=1S/C17H16FNO4/c1-22-17(21)15-13(9-5-7-10(18)8-6-9)14-11(20)3-2-4-12(14)23-16(15)19/h5-8,13H,2-4,19H2,1H3/t13-/m1/s1. The molecule has 5 nitrogen and oxygen atoms in total. The zero-order valence-corrected chi connectivity index (χ0v) is 12.6. The van der Waals surface area contributed by atoms with Gasteiger partial charge in [-0.15, -0.1) is 0 Å². The molecule has 2 N–H and O–H groups in total. The highest BCUT2D eigenvalue weighted by Crippen LogP contribution is 2.43. The predicted molar refractivity (Wildman–Crippen MR) is 79.3 cm³/mol. The molecule has 0 aromatic heterocycles. The van der Waals surface area contributed by atoms with Crippen LogP contribution in [0.1, 0.15) is 30.7 Å². The highest BCUT2D eigenvalue weighted by Gasteiger charge is 2.40. The third-order valence-corrected chi connectivity index (χ3v) is 4.09. The Bertz CT molecular complexity index is 733. The van der Waals surface area contributed by atoms with Crippen LogP contribution >= 0.6 is 0 Å². The van der Waals surface area contributed by atoms with Crippen molar-refractivity contribution < 1.29 is 23.5 Å². The molecule has 2 aliphatic rings. The number of carbonyl (C=O) groups excluding carboxylic acids is 2. The number of Topliss-reactive ketones (excluding diaryl/α,β-unsaturated/α-hetero) is 1. The Morgan fingerprint density at radius 3 is 2.65 bits per heavy atom. The first-order chi connectivity index (χ1) is 11.0. The van der Waals surface area contributed by atoms with Gasteiger partial charge in [-0.2, -0.15) is 0 Å². The molecule has 0 saturated carbocycles. The van der Waals surface area contributed by atoms with Crippen molar-refractivity contribution >= 4 is 11.8 Å². The summed E-state index contributed by atoms with van der Waals surface area (Å²) in [6.45, 7) is 0. The van der Waals surface area contributed by atoms with Crippen LogP contribution < -0.4 is 5.73 Å². The fourth-order valence-corrected chi connectivity index (χ4v) is 3.05. The van der Waals surface area contributed by atoms with E-state index in [0.29, 0.717) is 36.2 Å². The molecule has 0 spiro atoms. The molecule has 0 bridgehead atoms. The summed E-state index contributed by atoms with van der Waals surface area (Å²) >= 11 is 0. The third kappa shape index (κ3) is 2.60. The maximum absolute atomic E-state index is 13.2. The molecule has 1 heterocycles. The van der Waals surface area contributed by atoms with E-state index >= 15 is 0 Å². The Hall–Kier alpha value is -2.63. The number of rotatable bonds is 2. The van der Waals surface area contributed by atoms with E-state index in [2.05, 4.69) is 0 Å². The van der Waals surface area contributed by atoms with Crippen molar-refractivity contribution in [3.8, 4) is 0 Å². The summed E-state index contributed by atoms with van der Waals surface area (Å²) in [7, 11) is 1.23. The number of carbonyl (C=O) groups is 2. The molecule has 1 aliphatic heterocycles. The minimum atomic E-state index is -0.695. The smallest absolute Gasteiger partial charge is 0.340 e. The summed E-state index contributed by atoms with van der Waals surface area (Å²) in [5.41, 5.74) is 6.99. The van der Waals surface area contributed by atoms with Gasteiger partial charge in [0.1, 0.15) is 17.1 Å². The molecule has 0 fully saturated rings. The quantitative estimate of drug-likeness (QED) is 0.847. The van der Waals surface area contributed by atoms with E-state index in [1.165, 1.54) is 31.4 Å². The maximum Gasteiger partial charge on any atom is 0.340 e. The van der Waals surface area contributed by atoms with Gasteiger partial charge < -0.3 is 15.2 Å². The molecule has 1 aliphatic carbocycles. The average Bonchev–Trinajstić information content (AvgIpc) is 2.54. The molecule has 120 valence electrons. The number of benzene rings is 1. The summed E-state index contributed by atoms with van der Waals surface area (Å²) in [5, 5.41) is 0. The minimum absolute atomic E-state index is 0.0698. The Morgan fingerprint density at radius 2 is 2.00 bits per heavy atom. The van der Waals surface area contributed by atoms with Crippen LogP contribution in [-0.2, 0) is 19.1 Å². The lowest BCUT2D eigenvalue weighted by Gasteiger charge is -2.32. The van der Waals surface area contributed by atoms with Crippen LogP contribution in [0, 0.1) is 5.82 Å². The lowest BCUT2D eigenvalue weighted by atomic mass is 9.77. The first kappa shape index (κ1) is 15.3. The average molecular weight is 317 g/mol. The van der Waals surface area contributed by atoms with Gasteiger partial charge >= 0.3 is 5.97 Å². The van der Waals surface area contributed by atoms with E-state index in [1.807, 2.05) is 0 Å². The Balaban J connectivity index is 2.18. The Kier molecular flexibility index (Phi) is 3.90. The van der Waals surface area contributed by atoms with E-state index in [1.54, 1.807) is 0 Å². The topological polar surface area (TPSA) is 78.6 Å². The first-order valence-corrected chi connectivity index (χ1v) is 7.30. The summed E-state index contributed by atoms with van der Waals surface area (Å²) in [5.74, 6) is -1.43. The number of esters is 1. The zero-order chi connectivity index (χ0) is 16.6. The monoisotopic (exact) mass is 317 g/mol. The summed E-state index contributed by atoms with van der Waals surface area (Å²) < 4.78 is 23.5. The number of methoxy groups -OCH3 is 1. The van der Waals surface area contributed by atoms with Gasteiger partial charge in [0.25, 0.3) is 0 Å². The van der Waals surface area contributed by atoms with Gasteiger partial charge in [-0.1, -0.05) is 12.1 Å². The highest BCUT2D eigenvalue weighted by atomic mass is 19.1. The molecule has 1 aromatic carbocycles. The molecule has 0 saturated heterocycles. The number of ether oxygens (including phenoxy) is 2. The number of hydrogen-bond donors (Lipinski definition) is 1. The van der Waals surface area contributed by atoms with Gasteiger partial charge in [0.15, 0.2) is 5.78 Å². The molecule has 6 heteroatoms. The predicted octanol–water partition coefficient (Wildman–Crippen LogP) is 2.29. The van der Waals surface area contributed by atoms with Crippen molar-refractivity contribution in [1.29, 1.82) is 0 Å². The van der Waals surface area contributed by atoms with Crippen LogP contribution in [0.4, 0.5) is 4.39 Å². The van der Waals surface area contributed by atoms with Crippen molar-refractivity contribution in [2.45, 2.75) is 25.2 Å². The van der Waals surface area contributed by atoms with Crippen molar-refractivity contribution in [3.05, 3.63) is 58.4 Å². The number of hydrogen-bond acceptors (Lipinski definition) is 5. The molecule has 1 aromatic rings. The van der Waals surface area contributed by atoms with Crippen LogP contribution in [-0.4, -0.2) is 18.9 Å². The second-order valence-corrected chi connectivity index (χ2v) is 5.47. The molecular formula is C17H16FNO4. The van der Waals surface area contributed by atoms with Gasteiger partial charge in [0.2, 0.25) is 5.88 Å². The fraction of sp³-hybridized carbons (Fsp3) is 0.294. The number of ketones is 1. The largest absolute Gasteiger partial charge is 0.465 e. The first-order valence-electron chi connectivity index (χ1n) is 7.30. The molecular weight excluding hydrogens is 301 g/mol. The van der Waals surface area contributed by atoms with E-state index in [4.69, 9.17) is 15.2 Å². The molecule has 23 heavy (non-hydrogen) atoms. The van der Waals surface area contributed by atoms with E-state index in [-0.39, 0.29) is 17.2 Å². The lowest BCUT2D eigenvalue weighted by Crippen LogP contribution is -2.31. The summed E-state index contributed by atoms with van der Waals surface area (Å²) in [6.07, 6.45) is 1.64. The maximum atomic E-state index is 13.2. The SMILES string of the molecule is COC(=O)C1=C(N)OC2=C(C(=O)CCC2)[C@H]1c1ccc(F)cc1. The normalized spacial score (nSPS) is 21.0. The van der Waals surface area contributed by atoms with Crippen molar-refractivity contribution in [3.63, 3.8) is 0 Å². The molecule has 0 amide bonds. The van der Waals surface area contributed by atoms with Crippen molar-refractivity contribution in [1.82, 2.24) is 0 Å².